The van der Waals surface area contributed by atoms with Crippen molar-refractivity contribution in [2.45, 2.75) is 69.6 Å². The summed E-state index contributed by atoms with van der Waals surface area (Å²) in [5, 5.41) is 8.35. The van der Waals surface area contributed by atoms with Crippen molar-refractivity contribution < 1.29 is 14.4 Å². The normalized spacial score (nSPS) is 20.6. The van der Waals surface area contributed by atoms with Crippen LogP contribution in [0.25, 0.3) is 0 Å². The van der Waals surface area contributed by atoms with E-state index in [1.165, 1.54) is 12.8 Å². The summed E-state index contributed by atoms with van der Waals surface area (Å²) in [6.07, 6.45) is 11.6. The Hall–Kier alpha value is -3.46. The predicted molar refractivity (Wildman–Crippen MR) is 174 cm³/mol. The van der Waals surface area contributed by atoms with Crippen molar-refractivity contribution in [1.82, 2.24) is 24.9 Å². The number of terminal acetylenes is 1. The smallest absolute Gasteiger partial charge is 0.322 e. The SMILES string of the molecule is C#Cc1cc(C[C@@H](NC(=O)N2CCC(N3Cc4sccc4NC3=O)CC2)C(=O)N2CCC(N3CCCC3)CC2)cc(Cl)c1N. The molecule has 3 fully saturated rings. The summed E-state index contributed by atoms with van der Waals surface area (Å²) in [6, 6.07) is 4.82. The first-order valence-corrected chi connectivity index (χ1v) is 16.8. The van der Waals surface area contributed by atoms with Crippen molar-refractivity contribution in [2.24, 2.45) is 0 Å². The maximum Gasteiger partial charge on any atom is 0.322 e. The average molecular weight is 638 g/mol. The number of nitrogen functional groups attached to an aromatic ring is 1. The van der Waals surface area contributed by atoms with E-state index in [1.54, 1.807) is 28.4 Å². The third kappa shape index (κ3) is 6.48. The van der Waals surface area contributed by atoms with Gasteiger partial charge in [0, 0.05) is 55.1 Å². The van der Waals surface area contributed by atoms with Gasteiger partial charge in [0.05, 0.1) is 22.9 Å². The molecule has 10 nitrogen and oxygen atoms in total. The number of nitrogens with zero attached hydrogens (tertiary/aromatic N) is 4. The number of benzene rings is 1. The quantitative estimate of drug-likeness (QED) is 0.325. The van der Waals surface area contributed by atoms with Gasteiger partial charge in [0.1, 0.15) is 6.04 Å². The van der Waals surface area contributed by atoms with Crippen molar-refractivity contribution >= 4 is 52.3 Å². The number of hydrogen-bond donors (Lipinski definition) is 3. The first kappa shape index (κ1) is 30.6. The molecule has 0 aliphatic carbocycles. The zero-order chi connectivity index (χ0) is 30.8. The fourth-order valence-electron chi connectivity index (χ4n) is 7.03. The van der Waals surface area contributed by atoms with Gasteiger partial charge in [-0.25, -0.2) is 9.59 Å². The van der Waals surface area contributed by atoms with E-state index < -0.39 is 6.04 Å². The van der Waals surface area contributed by atoms with E-state index in [0.29, 0.717) is 67.9 Å². The number of fused-ring (bicyclic) bond motifs is 1. The molecule has 0 bridgehead atoms. The Balaban J connectivity index is 1.11. The number of anilines is 2. The molecule has 1 aromatic carbocycles. The Morgan fingerprint density at radius 1 is 1.07 bits per heavy atom. The van der Waals surface area contributed by atoms with Crippen molar-refractivity contribution in [3.63, 3.8) is 0 Å². The highest BCUT2D eigenvalue weighted by atomic mass is 35.5. The van der Waals surface area contributed by atoms with Crippen LogP contribution in [0.4, 0.5) is 21.0 Å². The van der Waals surface area contributed by atoms with Crippen LogP contribution >= 0.6 is 22.9 Å². The number of likely N-dealkylation sites (tertiary alicyclic amines) is 3. The molecule has 5 heterocycles. The Labute approximate surface area is 267 Å². The van der Waals surface area contributed by atoms with Crippen LogP contribution in [-0.4, -0.2) is 95.0 Å². The minimum atomic E-state index is -0.779. The summed E-state index contributed by atoms with van der Waals surface area (Å²) in [4.78, 5) is 49.5. The van der Waals surface area contributed by atoms with E-state index in [0.717, 1.165) is 42.1 Å². The number of hydrogen-bond acceptors (Lipinski definition) is 6. The second kappa shape index (κ2) is 13.3. The number of nitrogens with one attached hydrogen (secondary N) is 2. The van der Waals surface area contributed by atoms with Crippen LogP contribution in [0.5, 0.6) is 0 Å². The monoisotopic (exact) mass is 637 g/mol. The molecule has 0 saturated carbocycles. The predicted octanol–water partition coefficient (Wildman–Crippen LogP) is 4.18. The number of piperidine rings is 2. The van der Waals surface area contributed by atoms with Gasteiger partial charge in [0.25, 0.3) is 0 Å². The number of carbonyl (C=O) groups excluding carboxylic acids is 3. The summed E-state index contributed by atoms with van der Waals surface area (Å²) in [5.41, 5.74) is 8.47. The largest absolute Gasteiger partial charge is 0.397 e. The summed E-state index contributed by atoms with van der Waals surface area (Å²) in [7, 11) is 0. The van der Waals surface area contributed by atoms with E-state index in [2.05, 4.69) is 21.5 Å². The number of halogens is 1. The van der Waals surface area contributed by atoms with Crippen molar-refractivity contribution in [1.29, 1.82) is 0 Å². The molecular weight excluding hydrogens is 598 g/mol. The van der Waals surface area contributed by atoms with Crippen LogP contribution in [0.2, 0.25) is 5.02 Å². The fourth-order valence-corrected chi connectivity index (χ4v) is 8.10. The molecule has 3 saturated heterocycles. The molecule has 4 aliphatic heterocycles. The maximum atomic E-state index is 14.0. The van der Waals surface area contributed by atoms with Crippen LogP contribution in [0.1, 0.15) is 54.5 Å². The molecule has 44 heavy (non-hydrogen) atoms. The van der Waals surface area contributed by atoms with Crippen molar-refractivity contribution in [2.75, 3.05) is 50.3 Å². The Morgan fingerprint density at radius 3 is 2.45 bits per heavy atom. The number of thiophene rings is 1. The number of carbonyl (C=O) groups is 3. The molecule has 0 spiro atoms. The van der Waals surface area contributed by atoms with Crippen LogP contribution in [-0.2, 0) is 17.8 Å². The van der Waals surface area contributed by atoms with Gasteiger partial charge < -0.3 is 36.0 Å². The lowest BCUT2D eigenvalue weighted by Gasteiger charge is -2.40. The molecule has 4 N–H and O–H groups in total. The van der Waals surface area contributed by atoms with Gasteiger partial charge in [0.15, 0.2) is 0 Å². The molecule has 12 heteroatoms. The highest BCUT2D eigenvalue weighted by Crippen LogP contribution is 2.32. The van der Waals surface area contributed by atoms with Gasteiger partial charge in [-0.1, -0.05) is 17.5 Å². The minimum absolute atomic E-state index is 0.0442. The van der Waals surface area contributed by atoms with E-state index in [1.807, 2.05) is 21.2 Å². The van der Waals surface area contributed by atoms with Gasteiger partial charge in [-0.2, -0.15) is 0 Å². The molecule has 0 radical (unpaired) electrons. The average Bonchev–Trinajstić information content (AvgIpc) is 3.74. The van der Waals surface area contributed by atoms with Crippen molar-refractivity contribution in [3.8, 4) is 12.3 Å². The third-order valence-corrected chi connectivity index (χ3v) is 10.8. The number of amides is 5. The summed E-state index contributed by atoms with van der Waals surface area (Å²) in [6.45, 7) is 5.19. The summed E-state index contributed by atoms with van der Waals surface area (Å²) >= 11 is 8.01. The van der Waals surface area contributed by atoms with Gasteiger partial charge in [0.2, 0.25) is 5.91 Å². The molecule has 1 aromatic heterocycles. The van der Waals surface area contributed by atoms with Gasteiger partial charge in [-0.15, -0.1) is 17.8 Å². The lowest BCUT2D eigenvalue weighted by molar-refractivity contribution is -0.134. The molecule has 1 atom stereocenters. The molecule has 4 aliphatic rings. The second-order valence-electron chi connectivity index (χ2n) is 12.2. The van der Waals surface area contributed by atoms with Crippen LogP contribution in [0, 0.1) is 12.3 Å². The topological polar surface area (TPSA) is 114 Å². The van der Waals surface area contributed by atoms with Crippen LogP contribution < -0.4 is 16.4 Å². The minimum Gasteiger partial charge on any atom is -0.397 e. The molecule has 5 amide bonds. The Kier molecular flexibility index (Phi) is 9.21. The third-order valence-electron chi connectivity index (χ3n) is 9.57. The first-order valence-electron chi connectivity index (χ1n) is 15.6. The molecular formula is C32H40ClN7O3S. The number of nitrogens with two attached hydrogens (primary N) is 1. The van der Waals surface area contributed by atoms with E-state index >= 15 is 0 Å². The van der Waals surface area contributed by atoms with E-state index in [-0.39, 0.29) is 30.4 Å². The number of rotatable bonds is 6. The molecule has 6 rings (SSSR count). The highest BCUT2D eigenvalue weighted by Gasteiger charge is 2.36. The zero-order valence-electron chi connectivity index (χ0n) is 24.9. The van der Waals surface area contributed by atoms with Gasteiger partial charge in [-0.05, 0) is 80.8 Å². The Bertz CT molecular complexity index is 1440. The van der Waals surface area contributed by atoms with Gasteiger partial charge in [-0.3, -0.25) is 4.79 Å². The molecule has 2 aromatic rings. The van der Waals surface area contributed by atoms with E-state index in [4.69, 9.17) is 23.8 Å². The van der Waals surface area contributed by atoms with E-state index in [9.17, 15) is 14.4 Å². The lowest BCUT2D eigenvalue weighted by Crippen LogP contribution is -2.57. The Morgan fingerprint density at radius 2 is 1.75 bits per heavy atom. The summed E-state index contributed by atoms with van der Waals surface area (Å²) in [5.74, 6) is 2.47. The van der Waals surface area contributed by atoms with Crippen molar-refractivity contribution in [3.05, 3.63) is 44.6 Å². The van der Waals surface area contributed by atoms with Crippen LogP contribution in [0.3, 0.4) is 0 Å². The van der Waals surface area contributed by atoms with Crippen LogP contribution in [0.15, 0.2) is 23.6 Å². The zero-order valence-corrected chi connectivity index (χ0v) is 26.5. The standard InChI is InChI=1S/C32H40ClN7O3S/c1-2-22-17-21(18-25(33)29(22)34)19-27(30(41)38-12-5-23(6-13-38)37-10-3-4-11-37)36-31(42)39-14-7-24(8-15-39)40-20-28-26(9-16-44-28)35-32(40)43/h1,9,16-18,23-24,27H,3-8,10-15,19-20,34H2,(H,35,43)(H,36,42)/t27-/m1/s1. The van der Waals surface area contributed by atoms with Gasteiger partial charge >= 0.3 is 12.1 Å². The molecule has 0 unspecified atom stereocenters. The second-order valence-corrected chi connectivity index (χ2v) is 13.6. The number of urea groups is 2. The lowest BCUT2D eigenvalue weighted by atomic mass is 9.99. The first-order chi connectivity index (χ1) is 21.3. The summed E-state index contributed by atoms with van der Waals surface area (Å²) < 4.78 is 0. The fraction of sp³-hybridized carbons (Fsp3) is 0.531. The molecule has 234 valence electrons. The maximum absolute atomic E-state index is 14.0. The highest BCUT2D eigenvalue weighted by molar-refractivity contribution is 7.10.